The maximum atomic E-state index is 14.9. The molecule has 4 N–H and O–H groups in total. The van der Waals surface area contributed by atoms with Crippen LogP contribution in [0.1, 0.15) is 42.4 Å². The summed E-state index contributed by atoms with van der Waals surface area (Å²) in [6.07, 6.45) is 4.14. The molecule has 1 aliphatic heterocycles. The molecule has 2 amide bonds. The molecule has 1 heterocycles. The number of nitrogens with one attached hydrogen (secondary N) is 1. The van der Waals surface area contributed by atoms with E-state index in [1.165, 1.54) is 8.86 Å². The summed E-state index contributed by atoms with van der Waals surface area (Å²) in [5, 5.41) is 7.50. The average molecular weight is 923 g/mol. The number of ketones is 1. The van der Waals surface area contributed by atoms with Crippen LogP contribution in [0.3, 0.4) is 0 Å². The zero-order valence-electron chi connectivity index (χ0n) is 29.7. The summed E-state index contributed by atoms with van der Waals surface area (Å²) in [5.74, 6) is -0.577. The Hall–Kier alpha value is -3.48. The van der Waals surface area contributed by atoms with Gasteiger partial charge in [0.15, 0.2) is 0 Å². The number of halogens is 2. The van der Waals surface area contributed by atoms with Gasteiger partial charge >= 0.3 is 327 Å². The van der Waals surface area contributed by atoms with Gasteiger partial charge in [-0.2, -0.15) is 0 Å². The molecule has 0 radical (unpaired) electrons. The fraction of sp³-hybridized carbons (Fsp3) is 0.318. The van der Waals surface area contributed by atoms with Gasteiger partial charge in [-0.3, -0.25) is 0 Å². The third kappa shape index (κ3) is 10.1. The second-order valence-corrected chi connectivity index (χ2v) is 22.6. The quantitative estimate of drug-likeness (QED) is 0.0894. The molecule has 5 aromatic rings. The minimum absolute atomic E-state index is 0.120. The Labute approximate surface area is 324 Å². The van der Waals surface area contributed by atoms with Gasteiger partial charge in [0.1, 0.15) is 0 Å². The Kier molecular flexibility index (Phi) is 13.6. The van der Waals surface area contributed by atoms with Crippen LogP contribution in [0.2, 0.25) is 0 Å². The summed E-state index contributed by atoms with van der Waals surface area (Å²) in [6.45, 7) is 0. The molecule has 5 aromatic carbocycles. The van der Waals surface area contributed by atoms with E-state index in [0.29, 0.717) is 37.9 Å². The number of benzene rings is 5. The summed E-state index contributed by atoms with van der Waals surface area (Å²) >= 11 is -2.51. The van der Waals surface area contributed by atoms with Gasteiger partial charge in [0.25, 0.3) is 0 Å². The minimum atomic E-state index is -2.75. The van der Waals surface area contributed by atoms with E-state index in [1.807, 2.05) is 65.6 Å². The SMILES string of the molecule is CI(C(=O)C(CCC(=O)C1CC[I-]CC1)Cc1ccc2ccccc2c1)C(Cc1ccc2ccccc2c1)C(=O)NC(Cc1ccccc1)C([NH3+])=O. The average Bonchev–Trinajstić information content (AvgIpc) is 3.18. The predicted molar refractivity (Wildman–Crippen MR) is 214 cm³/mol. The van der Waals surface area contributed by atoms with Gasteiger partial charge < -0.3 is 0 Å². The Morgan fingerprint density at radius 2 is 1.27 bits per heavy atom. The van der Waals surface area contributed by atoms with Crippen molar-refractivity contribution in [1.29, 1.82) is 0 Å². The van der Waals surface area contributed by atoms with Gasteiger partial charge in [0, 0.05) is 0 Å². The molecule has 6 rings (SSSR count). The number of rotatable bonds is 16. The Balaban J connectivity index is 1.29. The molecule has 3 atom stereocenters. The number of carbonyl (C=O) groups excluding carboxylic acids is 4. The Morgan fingerprint density at radius 3 is 1.87 bits per heavy atom. The topological polar surface area (TPSA) is 108 Å². The van der Waals surface area contributed by atoms with Crippen LogP contribution >= 0.6 is 19.8 Å². The van der Waals surface area contributed by atoms with Crippen molar-refractivity contribution in [3.63, 3.8) is 0 Å². The fourth-order valence-corrected chi connectivity index (χ4v) is 14.9. The van der Waals surface area contributed by atoms with Gasteiger partial charge in [-0.15, -0.1) is 0 Å². The monoisotopic (exact) mass is 922 g/mol. The predicted octanol–water partition coefficient (Wildman–Crippen LogP) is 3.77. The van der Waals surface area contributed by atoms with Crippen LogP contribution in [-0.2, 0) is 38.4 Å². The normalized spacial score (nSPS) is 15.6. The molecule has 0 aliphatic carbocycles. The number of amides is 2. The first kappa shape index (κ1) is 38.3. The number of alkyl halides is 4. The summed E-state index contributed by atoms with van der Waals surface area (Å²) < 4.78 is 1.96. The van der Waals surface area contributed by atoms with Crippen LogP contribution in [0.25, 0.3) is 21.5 Å². The summed E-state index contributed by atoms with van der Waals surface area (Å²) in [4.78, 5) is 57.5. The van der Waals surface area contributed by atoms with E-state index >= 15 is 0 Å². The number of carbonyl (C=O) groups is 4. The first-order chi connectivity index (χ1) is 25.2. The molecule has 0 aromatic heterocycles. The number of Topliss-reactive ketones (excluding diaryl/α,β-unsaturated/α-hetero) is 1. The van der Waals surface area contributed by atoms with Gasteiger partial charge in [-0.1, -0.05) is 0 Å². The van der Waals surface area contributed by atoms with Crippen molar-refractivity contribution >= 4 is 62.8 Å². The molecule has 1 fully saturated rings. The van der Waals surface area contributed by atoms with Crippen LogP contribution in [0.5, 0.6) is 0 Å². The van der Waals surface area contributed by atoms with Gasteiger partial charge in [0.2, 0.25) is 0 Å². The molecular formula is C44H48I2N2O4. The van der Waals surface area contributed by atoms with Crippen LogP contribution in [-0.4, -0.2) is 45.1 Å². The van der Waals surface area contributed by atoms with Gasteiger partial charge in [0.05, 0.1) is 0 Å². The zero-order valence-corrected chi connectivity index (χ0v) is 34.1. The maximum absolute atomic E-state index is 14.9. The second kappa shape index (κ2) is 18.5. The molecule has 0 saturated carbocycles. The van der Waals surface area contributed by atoms with E-state index in [-0.39, 0.29) is 48.6 Å². The summed E-state index contributed by atoms with van der Waals surface area (Å²) in [6, 6.07) is 37.7. The van der Waals surface area contributed by atoms with Crippen molar-refractivity contribution < 1.29 is 46.1 Å². The molecule has 52 heavy (non-hydrogen) atoms. The summed E-state index contributed by atoms with van der Waals surface area (Å²) in [7, 11) is 0. The van der Waals surface area contributed by atoms with Crippen LogP contribution in [0.15, 0.2) is 115 Å². The van der Waals surface area contributed by atoms with Crippen molar-refractivity contribution in [3.05, 3.63) is 132 Å². The van der Waals surface area contributed by atoms with Crippen LogP contribution in [0.4, 0.5) is 0 Å². The zero-order chi connectivity index (χ0) is 36.5. The van der Waals surface area contributed by atoms with Crippen LogP contribution < -0.4 is 32.3 Å². The van der Waals surface area contributed by atoms with Crippen molar-refractivity contribution in [2.45, 2.75) is 54.9 Å². The first-order valence-corrected chi connectivity index (χ1v) is 25.6. The molecule has 0 spiro atoms. The molecule has 0 bridgehead atoms. The molecule has 3 unspecified atom stereocenters. The van der Waals surface area contributed by atoms with E-state index in [0.717, 1.165) is 51.1 Å². The Bertz CT molecular complexity index is 2030. The van der Waals surface area contributed by atoms with E-state index in [9.17, 15) is 19.2 Å². The first-order valence-electron chi connectivity index (χ1n) is 18.1. The van der Waals surface area contributed by atoms with E-state index in [2.05, 4.69) is 65.6 Å². The van der Waals surface area contributed by atoms with E-state index in [4.69, 9.17) is 0 Å². The van der Waals surface area contributed by atoms with Gasteiger partial charge in [-0.05, 0) is 0 Å². The summed E-state index contributed by atoms with van der Waals surface area (Å²) in [5.41, 5.74) is 6.66. The van der Waals surface area contributed by atoms with Crippen LogP contribution in [0, 0.1) is 11.8 Å². The van der Waals surface area contributed by atoms with E-state index in [1.54, 1.807) is 0 Å². The van der Waals surface area contributed by atoms with Crippen molar-refractivity contribution in [2.24, 2.45) is 11.8 Å². The van der Waals surface area contributed by atoms with Gasteiger partial charge in [-0.25, -0.2) is 0 Å². The molecule has 1 aliphatic rings. The third-order valence-electron chi connectivity index (χ3n) is 10.2. The van der Waals surface area contributed by atoms with Crippen molar-refractivity contribution in [3.8, 4) is 0 Å². The molecule has 6 nitrogen and oxygen atoms in total. The second-order valence-electron chi connectivity index (χ2n) is 13.8. The van der Waals surface area contributed by atoms with Crippen molar-refractivity contribution in [2.75, 3.05) is 13.8 Å². The molecule has 8 heteroatoms. The third-order valence-corrected chi connectivity index (χ3v) is 18.8. The Morgan fingerprint density at radius 1 is 0.712 bits per heavy atom. The molecule has 1 saturated heterocycles. The number of hydrogen-bond donors (Lipinski definition) is 2. The molecule has 272 valence electrons. The molecular weight excluding hydrogens is 874 g/mol. The number of fused-ring (bicyclic) bond motifs is 2. The van der Waals surface area contributed by atoms with E-state index < -0.39 is 29.8 Å². The number of quaternary nitrogens is 1. The standard InChI is InChI=1S/C44H47I2N2O4/c1-46(42(50)38(19-20-41(49)35-21-23-45-24-22-35)27-31-15-17-33-11-5-7-13-36(33)25-31)39(28-32-16-18-34-12-6-8-14-37(34)26-32)44(52)48-40(43(47)51)29-30-9-3-2-4-10-30/h2-18,25-26,35,38-40H,19-24,27-29H2,1H3,(H2,47,51)(H,48,52)/q-1/p+1. The fourth-order valence-electron chi connectivity index (χ4n) is 7.11. The number of hydrogen-bond acceptors (Lipinski definition) is 4. The van der Waals surface area contributed by atoms with Crippen molar-refractivity contribution in [1.82, 2.24) is 5.32 Å².